The van der Waals surface area contributed by atoms with Gasteiger partial charge in [-0.2, -0.15) is 0 Å². The van der Waals surface area contributed by atoms with E-state index in [2.05, 4.69) is 395 Å². The normalized spacial score (nSPS) is 12.4. The van der Waals surface area contributed by atoms with Gasteiger partial charge in [0.2, 0.25) is 0 Å². The van der Waals surface area contributed by atoms with Gasteiger partial charge in [-0.3, -0.25) is 0 Å². The average molecular weight is 1290 g/mol. The van der Waals surface area contributed by atoms with Crippen LogP contribution in [0.25, 0.3) is 132 Å². The van der Waals surface area contributed by atoms with E-state index in [0.717, 1.165) is 118 Å². The molecule has 0 bridgehead atoms. The summed E-state index contributed by atoms with van der Waals surface area (Å²) in [5.41, 5.74) is 32.3. The molecule has 0 fully saturated rings. The molecular weight excluding hydrogens is 1220 g/mol. The maximum absolute atomic E-state index is 2.70. The van der Waals surface area contributed by atoms with Crippen LogP contribution >= 0.6 is 0 Å². The number of nitrogens with zero attached hydrogens (tertiary/aromatic N) is 2. The lowest BCUT2D eigenvalue weighted by Gasteiger charge is -2.46. The van der Waals surface area contributed by atoms with Crippen molar-refractivity contribution < 1.29 is 0 Å². The molecule has 474 valence electrons. The third-order valence-corrected chi connectivity index (χ3v) is 21.3. The molecule has 2 aliphatic rings. The summed E-state index contributed by atoms with van der Waals surface area (Å²) in [6.07, 6.45) is 0. The second kappa shape index (κ2) is 24.2. The minimum Gasteiger partial charge on any atom is -0.310 e. The lowest BCUT2D eigenvalue weighted by atomic mass is 9.33. The fraction of sp³-hybridized carbons (Fsp3) is 0.0408. The Hall–Kier alpha value is -12.6. The smallest absolute Gasteiger partial charge is 0.252 e. The van der Waals surface area contributed by atoms with Crippen molar-refractivity contribution in [1.82, 2.24) is 0 Å². The van der Waals surface area contributed by atoms with Crippen LogP contribution in [-0.2, 0) is 5.41 Å². The number of rotatable bonds is 11. The van der Waals surface area contributed by atoms with E-state index < -0.39 is 0 Å². The van der Waals surface area contributed by atoms with Crippen LogP contribution in [0.4, 0.5) is 34.1 Å². The van der Waals surface area contributed by atoms with Crippen LogP contribution < -0.4 is 26.2 Å². The Balaban J connectivity index is 0.998. The van der Waals surface area contributed by atoms with Gasteiger partial charge in [0, 0.05) is 45.0 Å². The number of fused-ring (bicyclic) bond motifs is 4. The minimum absolute atomic E-state index is 0.0507. The zero-order valence-electron chi connectivity index (χ0n) is 56.6. The molecule has 0 unspecified atom stereocenters. The Kier molecular flexibility index (Phi) is 14.3. The molecule has 2 aliphatic heterocycles. The summed E-state index contributed by atoms with van der Waals surface area (Å²) < 4.78 is 0. The van der Waals surface area contributed by atoms with E-state index in [1.54, 1.807) is 0 Å². The van der Waals surface area contributed by atoms with Crippen LogP contribution in [0.15, 0.2) is 364 Å². The molecule has 0 radical (unpaired) electrons. The van der Waals surface area contributed by atoms with Crippen molar-refractivity contribution >= 4 is 89.5 Å². The van der Waals surface area contributed by atoms with Gasteiger partial charge < -0.3 is 9.80 Å². The topological polar surface area (TPSA) is 6.48 Å². The van der Waals surface area contributed by atoms with Gasteiger partial charge >= 0.3 is 0 Å². The summed E-state index contributed by atoms with van der Waals surface area (Å²) in [7, 11) is 0. The Bertz CT molecular complexity index is 5860. The first-order valence-electron chi connectivity index (χ1n) is 35.3. The third-order valence-electron chi connectivity index (χ3n) is 21.3. The van der Waals surface area contributed by atoms with Gasteiger partial charge in [0.25, 0.3) is 6.71 Å². The number of anilines is 6. The fourth-order valence-corrected chi connectivity index (χ4v) is 16.5. The lowest BCUT2D eigenvalue weighted by molar-refractivity contribution is 0.590. The minimum atomic E-state index is -0.272. The van der Waals surface area contributed by atoms with Crippen molar-refractivity contribution in [1.29, 1.82) is 0 Å². The van der Waals surface area contributed by atoms with E-state index in [0.29, 0.717) is 0 Å². The summed E-state index contributed by atoms with van der Waals surface area (Å²) in [5, 5.41) is 7.63. The second-order valence-corrected chi connectivity index (χ2v) is 28.3. The number of hydrogen-bond donors (Lipinski definition) is 0. The van der Waals surface area contributed by atoms with Gasteiger partial charge in [-0.1, -0.05) is 336 Å². The second-order valence-electron chi connectivity index (χ2n) is 28.3. The molecule has 0 saturated heterocycles. The van der Waals surface area contributed by atoms with Crippen LogP contribution in [0.1, 0.15) is 26.3 Å². The van der Waals surface area contributed by atoms with E-state index in [4.69, 9.17) is 0 Å². The molecule has 0 aromatic heterocycles. The van der Waals surface area contributed by atoms with E-state index in [1.807, 2.05) is 0 Å². The molecule has 101 heavy (non-hydrogen) atoms. The molecule has 3 heteroatoms. The number of hydrogen-bond acceptors (Lipinski definition) is 2. The molecular formula is C98H69BN2. The van der Waals surface area contributed by atoms with E-state index >= 15 is 0 Å². The molecule has 2 heterocycles. The van der Waals surface area contributed by atoms with Crippen LogP contribution in [0.3, 0.4) is 0 Å². The fourth-order valence-electron chi connectivity index (χ4n) is 16.5. The first-order chi connectivity index (χ1) is 49.7. The van der Waals surface area contributed by atoms with Crippen LogP contribution in [0.5, 0.6) is 0 Å². The zero-order valence-corrected chi connectivity index (χ0v) is 56.6. The van der Waals surface area contributed by atoms with Crippen LogP contribution in [0, 0.1) is 0 Å². The Morgan fingerprint density at radius 1 is 0.228 bits per heavy atom. The molecule has 0 amide bonds. The van der Waals surface area contributed by atoms with Crippen molar-refractivity contribution in [2.24, 2.45) is 0 Å². The van der Waals surface area contributed by atoms with Gasteiger partial charge in [-0.05, 0) is 186 Å². The van der Waals surface area contributed by atoms with Gasteiger partial charge in [0.15, 0.2) is 0 Å². The van der Waals surface area contributed by atoms with Gasteiger partial charge in [0.1, 0.15) is 0 Å². The summed E-state index contributed by atoms with van der Waals surface area (Å²) >= 11 is 0. The molecule has 17 aromatic carbocycles. The maximum atomic E-state index is 2.70. The standard InChI is InChI=1S/C98H69BN2/c1-98(2,3)80-50-44-67(45-51-80)79-62-91-95-92(63-79)101(97-85(70-36-21-9-22-37-70)58-78(66-30-15-6-16-31-66)59-86(97)71-38-23-10-24-39-71)90-55-49-76(81-52-46-74-43-42-72-40-25-41-73-47-53-82(81)94(74)93(72)73)61-88(90)99(95)87-60-75(64-26-11-4-12-27-64)48-54-89(87)100(91)96-83(68-32-17-7-18-33-68)56-77(65-28-13-5-14-29-65)57-84(96)69-34-19-8-20-35-69/h4-63H,1-3H3. The highest BCUT2D eigenvalue weighted by atomic mass is 15.2. The molecule has 19 rings (SSSR count). The first-order valence-corrected chi connectivity index (χ1v) is 35.3. The predicted molar refractivity (Wildman–Crippen MR) is 432 cm³/mol. The highest BCUT2D eigenvalue weighted by Crippen LogP contribution is 2.56. The quantitative estimate of drug-likeness (QED) is 0.0941. The van der Waals surface area contributed by atoms with Crippen molar-refractivity contribution in [2.45, 2.75) is 26.2 Å². The van der Waals surface area contributed by atoms with Crippen molar-refractivity contribution in [3.63, 3.8) is 0 Å². The summed E-state index contributed by atoms with van der Waals surface area (Å²) in [6.45, 7) is 6.66. The highest BCUT2D eigenvalue weighted by molar-refractivity contribution is 7.00. The Labute approximate surface area is 591 Å². The summed E-state index contributed by atoms with van der Waals surface area (Å²) in [5.74, 6) is 0. The SMILES string of the molecule is CC(C)(C)c1ccc(-c2cc3c4c(c2)N(c2c(-c5ccccc5)cc(-c5ccccc5)cc2-c2ccccc2)c2ccc(-c5ccc6ccc7cccc8ccc5c6c78)cc2B4c2cc(-c4ccccc4)ccc2N3c2c(-c3ccccc3)cc(-c3ccccc3)cc2-c2ccccc2)cc1. The average Bonchev–Trinajstić information content (AvgIpc) is 0.687. The van der Waals surface area contributed by atoms with E-state index in [-0.39, 0.29) is 12.1 Å². The molecule has 0 spiro atoms. The molecule has 2 nitrogen and oxygen atoms in total. The van der Waals surface area contributed by atoms with Gasteiger partial charge in [-0.25, -0.2) is 0 Å². The largest absolute Gasteiger partial charge is 0.310 e. The molecule has 0 aliphatic carbocycles. The van der Waals surface area contributed by atoms with E-state index in [1.165, 1.54) is 71.0 Å². The summed E-state index contributed by atoms with van der Waals surface area (Å²) in [6, 6.07) is 137. The Morgan fingerprint density at radius 3 is 0.990 bits per heavy atom. The molecule has 0 saturated carbocycles. The predicted octanol–water partition coefficient (Wildman–Crippen LogP) is 25.0. The molecule has 0 atom stereocenters. The van der Waals surface area contributed by atoms with Gasteiger partial charge in [0.05, 0.1) is 11.4 Å². The van der Waals surface area contributed by atoms with Crippen molar-refractivity contribution in [2.75, 3.05) is 9.80 Å². The summed E-state index contributed by atoms with van der Waals surface area (Å²) in [4.78, 5) is 5.39. The first kappa shape index (κ1) is 59.7. The molecule has 17 aromatic rings. The number of benzene rings is 17. The monoisotopic (exact) mass is 1280 g/mol. The lowest BCUT2D eigenvalue weighted by Crippen LogP contribution is -2.61. The highest BCUT2D eigenvalue weighted by Gasteiger charge is 2.46. The van der Waals surface area contributed by atoms with Crippen molar-refractivity contribution in [3.8, 4) is 100 Å². The Morgan fingerprint density at radius 2 is 0.564 bits per heavy atom. The van der Waals surface area contributed by atoms with Gasteiger partial charge in [-0.15, -0.1) is 0 Å². The van der Waals surface area contributed by atoms with Crippen molar-refractivity contribution in [3.05, 3.63) is 370 Å². The van der Waals surface area contributed by atoms with E-state index in [9.17, 15) is 0 Å². The van der Waals surface area contributed by atoms with Crippen LogP contribution in [-0.4, -0.2) is 6.71 Å². The molecule has 0 N–H and O–H groups in total. The third kappa shape index (κ3) is 10.2. The zero-order chi connectivity index (χ0) is 67.3. The van der Waals surface area contributed by atoms with Crippen LogP contribution in [0.2, 0.25) is 0 Å². The maximum Gasteiger partial charge on any atom is 0.252 e.